The molecular formula is C15H11FN4O2. The zero-order valence-corrected chi connectivity index (χ0v) is 11.4. The van der Waals surface area contributed by atoms with Crippen LogP contribution >= 0.6 is 0 Å². The Kier molecular flexibility index (Phi) is 3.86. The summed E-state index contributed by atoms with van der Waals surface area (Å²) in [5.74, 6) is -0.557. The predicted molar refractivity (Wildman–Crippen MR) is 75.1 cm³/mol. The molecule has 1 aromatic carbocycles. The maximum absolute atomic E-state index is 13.5. The molecule has 0 radical (unpaired) electrons. The van der Waals surface area contributed by atoms with Gasteiger partial charge in [-0.25, -0.2) is 4.39 Å². The predicted octanol–water partition coefficient (Wildman–Crippen LogP) is 2.20. The zero-order chi connectivity index (χ0) is 15.4. The van der Waals surface area contributed by atoms with E-state index in [1.807, 2.05) is 0 Å². The summed E-state index contributed by atoms with van der Waals surface area (Å²) in [7, 11) is 0. The van der Waals surface area contributed by atoms with Gasteiger partial charge >= 0.3 is 0 Å². The molecule has 0 fully saturated rings. The van der Waals surface area contributed by atoms with Gasteiger partial charge in [0.1, 0.15) is 5.82 Å². The molecule has 3 rings (SSSR count). The highest BCUT2D eigenvalue weighted by Gasteiger charge is 2.13. The molecule has 110 valence electrons. The Bertz CT molecular complexity index is 789. The molecule has 0 spiro atoms. The van der Waals surface area contributed by atoms with E-state index in [1.165, 1.54) is 18.2 Å². The lowest BCUT2D eigenvalue weighted by Crippen LogP contribution is -2.23. The molecule has 2 aromatic heterocycles. The summed E-state index contributed by atoms with van der Waals surface area (Å²) >= 11 is 0. The smallest absolute Gasteiger partial charge is 0.254 e. The van der Waals surface area contributed by atoms with E-state index in [4.69, 9.17) is 4.42 Å². The SMILES string of the molecule is O=C(NCc1nnc(-c2ccncc2)o1)c1ccccc1F. The third-order valence-corrected chi connectivity index (χ3v) is 2.91. The number of hydrogen-bond acceptors (Lipinski definition) is 5. The molecule has 3 aromatic rings. The zero-order valence-electron chi connectivity index (χ0n) is 11.4. The second kappa shape index (κ2) is 6.13. The van der Waals surface area contributed by atoms with Crippen molar-refractivity contribution in [1.29, 1.82) is 0 Å². The molecule has 1 amide bonds. The fourth-order valence-corrected chi connectivity index (χ4v) is 1.83. The lowest BCUT2D eigenvalue weighted by Gasteiger charge is -2.03. The Morgan fingerprint density at radius 2 is 1.91 bits per heavy atom. The first-order valence-corrected chi connectivity index (χ1v) is 6.49. The van der Waals surface area contributed by atoms with Crippen molar-refractivity contribution in [3.8, 4) is 11.5 Å². The summed E-state index contributed by atoms with van der Waals surface area (Å²) in [6.07, 6.45) is 3.22. The van der Waals surface area contributed by atoms with Crippen molar-refractivity contribution in [3.63, 3.8) is 0 Å². The molecule has 0 atom stereocenters. The van der Waals surface area contributed by atoms with Crippen LogP contribution in [-0.4, -0.2) is 21.1 Å². The monoisotopic (exact) mass is 298 g/mol. The molecule has 6 nitrogen and oxygen atoms in total. The van der Waals surface area contributed by atoms with Gasteiger partial charge in [0.25, 0.3) is 5.91 Å². The van der Waals surface area contributed by atoms with Crippen LogP contribution in [0.4, 0.5) is 4.39 Å². The number of rotatable bonds is 4. The molecule has 0 saturated heterocycles. The fraction of sp³-hybridized carbons (Fsp3) is 0.0667. The highest BCUT2D eigenvalue weighted by molar-refractivity contribution is 5.94. The van der Waals surface area contributed by atoms with Crippen LogP contribution < -0.4 is 5.32 Å². The lowest BCUT2D eigenvalue weighted by atomic mass is 10.2. The first-order chi connectivity index (χ1) is 10.7. The van der Waals surface area contributed by atoms with E-state index in [0.717, 1.165) is 5.56 Å². The van der Waals surface area contributed by atoms with E-state index in [9.17, 15) is 9.18 Å². The first kappa shape index (κ1) is 13.9. The number of aromatic nitrogens is 3. The largest absolute Gasteiger partial charge is 0.419 e. The maximum atomic E-state index is 13.5. The topological polar surface area (TPSA) is 80.9 Å². The Balaban J connectivity index is 1.67. The second-order valence-corrected chi connectivity index (χ2v) is 4.40. The van der Waals surface area contributed by atoms with Crippen LogP contribution in [0.1, 0.15) is 16.2 Å². The van der Waals surface area contributed by atoms with Gasteiger partial charge in [0, 0.05) is 18.0 Å². The van der Waals surface area contributed by atoms with Crippen LogP contribution in [0.15, 0.2) is 53.2 Å². The third-order valence-electron chi connectivity index (χ3n) is 2.91. The summed E-state index contributed by atoms with van der Waals surface area (Å²) in [4.78, 5) is 15.8. The van der Waals surface area contributed by atoms with Crippen LogP contribution in [0.3, 0.4) is 0 Å². The van der Waals surface area contributed by atoms with Gasteiger partial charge in [0.05, 0.1) is 12.1 Å². The van der Waals surface area contributed by atoms with E-state index in [1.54, 1.807) is 30.6 Å². The molecule has 7 heteroatoms. The minimum Gasteiger partial charge on any atom is -0.419 e. The highest BCUT2D eigenvalue weighted by atomic mass is 19.1. The maximum Gasteiger partial charge on any atom is 0.254 e. The van der Waals surface area contributed by atoms with Gasteiger partial charge in [0.15, 0.2) is 0 Å². The second-order valence-electron chi connectivity index (χ2n) is 4.40. The number of pyridine rings is 1. The van der Waals surface area contributed by atoms with Gasteiger partial charge in [0.2, 0.25) is 11.8 Å². The average Bonchev–Trinajstić information content (AvgIpc) is 3.03. The standard InChI is InChI=1S/C15H11FN4O2/c16-12-4-2-1-3-11(12)14(21)18-9-13-19-20-15(22-13)10-5-7-17-8-6-10/h1-8H,9H2,(H,18,21). The van der Waals surface area contributed by atoms with E-state index in [-0.39, 0.29) is 18.0 Å². The van der Waals surface area contributed by atoms with Crippen molar-refractivity contribution in [3.05, 3.63) is 66.1 Å². The molecule has 0 saturated carbocycles. The molecule has 22 heavy (non-hydrogen) atoms. The van der Waals surface area contributed by atoms with Gasteiger partial charge in [-0.1, -0.05) is 12.1 Å². The molecule has 0 aliphatic heterocycles. The molecule has 0 aliphatic carbocycles. The minimum absolute atomic E-state index is 0.0191. The molecule has 1 N–H and O–H groups in total. The van der Waals surface area contributed by atoms with Crippen molar-refractivity contribution >= 4 is 5.91 Å². The summed E-state index contributed by atoms with van der Waals surface area (Å²) < 4.78 is 18.9. The summed E-state index contributed by atoms with van der Waals surface area (Å²) in [6.45, 7) is 0.0191. The first-order valence-electron chi connectivity index (χ1n) is 6.49. The van der Waals surface area contributed by atoms with Crippen molar-refractivity contribution in [2.24, 2.45) is 0 Å². The van der Waals surface area contributed by atoms with Crippen molar-refractivity contribution < 1.29 is 13.6 Å². The number of nitrogens with zero attached hydrogens (tertiary/aromatic N) is 3. The van der Waals surface area contributed by atoms with Crippen LogP contribution in [0.5, 0.6) is 0 Å². The fourth-order valence-electron chi connectivity index (χ4n) is 1.83. The van der Waals surface area contributed by atoms with Gasteiger partial charge in [-0.05, 0) is 24.3 Å². The van der Waals surface area contributed by atoms with Crippen LogP contribution in [0, 0.1) is 5.82 Å². The van der Waals surface area contributed by atoms with Gasteiger partial charge in [-0.3, -0.25) is 9.78 Å². The van der Waals surface area contributed by atoms with E-state index >= 15 is 0 Å². The van der Waals surface area contributed by atoms with Gasteiger partial charge in [-0.15, -0.1) is 10.2 Å². The van der Waals surface area contributed by atoms with Crippen LogP contribution in [0.2, 0.25) is 0 Å². The Labute approximate surface area is 125 Å². The quantitative estimate of drug-likeness (QED) is 0.798. The van der Waals surface area contributed by atoms with Crippen molar-refractivity contribution in [1.82, 2.24) is 20.5 Å². The van der Waals surface area contributed by atoms with Gasteiger partial charge in [-0.2, -0.15) is 0 Å². The Hall–Kier alpha value is -3.09. The number of carbonyl (C=O) groups is 1. The molecule has 0 unspecified atom stereocenters. The Morgan fingerprint density at radius 1 is 1.14 bits per heavy atom. The Morgan fingerprint density at radius 3 is 2.68 bits per heavy atom. The summed E-state index contributed by atoms with van der Waals surface area (Å²) in [6, 6.07) is 9.20. The minimum atomic E-state index is -0.581. The highest BCUT2D eigenvalue weighted by Crippen LogP contribution is 2.16. The lowest BCUT2D eigenvalue weighted by molar-refractivity contribution is 0.0943. The summed E-state index contributed by atoms with van der Waals surface area (Å²) in [5, 5.41) is 10.3. The average molecular weight is 298 g/mol. The number of nitrogens with one attached hydrogen (secondary N) is 1. The number of halogens is 1. The number of carbonyl (C=O) groups excluding carboxylic acids is 1. The summed E-state index contributed by atoms with van der Waals surface area (Å²) in [5.41, 5.74) is 0.700. The van der Waals surface area contributed by atoms with E-state index in [0.29, 0.717) is 5.89 Å². The molecule has 2 heterocycles. The molecule has 0 bridgehead atoms. The third kappa shape index (κ3) is 2.98. The van der Waals surface area contributed by atoms with Crippen molar-refractivity contribution in [2.75, 3.05) is 0 Å². The number of hydrogen-bond donors (Lipinski definition) is 1. The van der Waals surface area contributed by atoms with Crippen molar-refractivity contribution in [2.45, 2.75) is 6.54 Å². The molecule has 0 aliphatic rings. The van der Waals surface area contributed by atoms with Crippen LogP contribution in [0.25, 0.3) is 11.5 Å². The van der Waals surface area contributed by atoms with E-state index in [2.05, 4.69) is 20.5 Å². The van der Waals surface area contributed by atoms with E-state index < -0.39 is 11.7 Å². The normalized spacial score (nSPS) is 10.4. The van der Waals surface area contributed by atoms with Crippen LogP contribution in [-0.2, 0) is 6.54 Å². The number of amides is 1. The van der Waals surface area contributed by atoms with Gasteiger partial charge < -0.3 is 9.73 Å². The number of benzene rings is 1. The molecular weight excluding hydrogens is 287 g/mol.